The molecule has 3 heterocycles. The molecule has 2 atom stereocenters. The van der Waals surface area contributed by atoms with Gasteiger partial charge >= 0.3 is 0 Å². The van der Waals surface area contributed by atoms with Crippen molar-refractivity contribution in [3.05, 3.63) is 50.8 Å². The number of nitrogens with zero attached hydrogens (tertiary/aromatic N) is 1. The zero-order chi connectivity index (χ0) is 23.0. The quantitative estimate of drug-likeness (QED) is 0.406. The normalized spacial score (nSPS) is 21.1. The maximum atomic E-state index is 12.7. The fourth-order valence-corrected chi connectivity index (χ4v) is 5.31. The van der Waals surface area contributed by atoms with Gasteiger partial charge < -0.3 is 20.4 Å². The maximum Gasteiger partial charge on any atom is 0.256 e. The maximum absolute atomic E-state index is 12.7. The Kier molecular flexibility index (Phi) is 6.70. The van der Waals surface area contributed by atoms with Crippen LogP contribution in [-0.2, 0) is 9.59 Å². The number of aryl methyl sites for hydroxylation is 1. The summed E-state index contributed by atoms with van der Waals surface area (Å²) in [6, 6.07) is 6.24. The van der Waals surface area contributed by atoms with Crippen molar-refractivity contribution in [1.82, 2.24) is 15.2 Å². The lowest BCUT2D eigenvalue weighted by atomic mass is 9.94. The first-order valence-corrected chi connectivity index (χ1v) is 12.0. The molecule has 0 radical (unpaired) electrons. The van der Waals surface area contributed by atoms with Crippen LogP contribution in [0.4, 0.5) is 5.69 Å². The molecule has 32 heavy (non-hydrogen) atoms. The highest BCUT2D eigenvalue weighted by Gasteiger charge is 2.31. The molecular weight excluding hydrogens is 468 g/mol. The number of aromatic nitrogens is 1. The topological polar surface area (TPSA) is 77.2 Å². The van der Waals surface area contributed by atoms with Gasteiger partial charge in [0, 0.05) is 65.3 Å². The number of aldehydes is 1. The Morgan fingerprint density at radius 2 is 2.06 bits per heavy atom. The Hall–Kier alpha value is -2.22. The highest BCUT2D eigenvalue weighted by atomic mass is 79.9. The molecule has 4 rings (SSSR count). The van der Waals surface area contributed by atoms with Gasteiger partial charge in [-0.2, -0.15) is 0 Å². The first-order valence-electron chi connectivity index (χ1n) is 11.2. The van der Waals surface area contributed by atoms with Crippen LogP contribution >= 0.6 is 15.9 Å². The summed E-state index contributed by atoms with van der Waals surface area (Å²) >= 11 is 3.51. The molecular formula is C25H31BrN4O2. The van der Waals surface area contributed by atoms with E-state index >= 15 is 0 Å². The van der Waals surface area contributed by atoms with Crippen LogP contribution in [-0.4, -0.2) is 47.8 Å². The molecule has 170 valence electrons. The number of piperazine rings is 1. The number of halogens is 1. The van der Waals surface area contributed by atoms with E-state index in [2.05, 4.69) is 64.1 Å². The van der Waals surface area contributed by atoms with Crippen LogP contribution in [0.3, 0.4) is 0 Å². The largest absolute Gasteiger partial charge is 0.359 e. The molecule has 7 heteroatoms. The average molecular weight is 499 g/mol. The molecule has 1 saturated heterocycles. The average Bonchev–Trinajstić information content (AvgIpc) is 3.21. The van der Waals surface area contributed by atoms with E-state index < -0.39 is 0 Å². The van der Waals surface area contributed by atoms with Gasteiger partial charge in [-0.25, -0.2) is 0 Å². The van der Waals surface area contributed by atoms with E-state index in [9.17, 15) is 9.59 Å². The molecule has 2 aromatic rings. The van der Waals surface area contributed by atoms with Crippen molar-refractivity contribution in [1.29, 1.82) is 0 Å². The van der Waals surface area contributed by atoms with E-state index in [1.165, 1.54) is 5.56 Å². The molecule has 2 aliphatic heterocycles. The van der Waals surface area contributed by atoms with Crippen molar-refractivity contribution in [3.8, 4) is 0 Å². The van der Waals surface area contributed by atoms with E-state index in [1.54, 1.807) is 0 Å². The molecule has 0 spiro atoms. The van der Waals surface area contributed by atoms with Crippen LogP contribution in [0.15, 0.2) is 22.7 Å². The van der Waals surface area contributed by atoms with Gasteiger partial charge in [0.15, 0.2) is 0 Å². The van der Waals surface area contributed by atoms with Gasteiger partial charge in [-0.05, 0) is 55.2 Å². The molecule has 6 nitrogen and oxygen atoms in total. The monoisotopic (exact) mass is 498 g/mol. The summed E-state index contributed by atoms with van der Waals surface area (Å²) in [5, 5.41) is 6.55. The summed E-state index contributed by atoms with van der Waals surface area (Å²) in [6.45, 7) is 11.4. The molecule has 1 aromatic carbocycles. The molecule has 0 bridgehead atoms. The second-order valence-electron chi connectivity index (χ2n) is 9.12. The lowest BCUT2D eigenvalue weighted by Gasteiger charge is -2.40. The number of fused-ring (bicyclic) bond motifs is 1. The van der Waals surface area contributed by atoms with Crippen molar-refractivity contribution < 1.29 is 9.59 Å². The number of anilines is 1. The number of hydrogen-bond acceptors (Lipinski definition) is 4. The fraction of sp³-hybridized carbons (Fsp3) is 0.440. The van der Waals surface area contributed by atoms with Crippen molar-refractivity contribution in [2.75, 3.05) is 25.0 Å². The number of benzene rings is 1. The second-order valence-corrected chi connectivity index (χ2v) is 10.0. The second kappa shape index (κ2) is 9.33. The Bertz CT molecular complexity index is 1070. The van der Waals surface area contributed by atoms with E-state index in [0.717, 1.165) is 58.6 Å². The fourth-order valence-electron chi connectivity index (χ4n) is 4.95. The van der Waals surface area contributed by atoms with Crippen LogP contribution in [0.5, 0.6) is 0 Å². The van der Waals surface area contributed by atoms with Crippen molar-refractivity contribution in [2.45, 2.75) is 46.2 Å². The molecule has 0 aliphatic carbocycles. The number of nitrogens with one attached hydrogen (secondary N) is 3. The minimum atomic E-state index is -0.0994. The number of carbonyl (C=O) groups is 2. The summed E-state index contributed by atoms with van der Waals surface area (Å²) in [5.41, 5.74) is 6.59. The van der Waals surface area contributed by atoms with E-state index in [4.69, 9.17) is 0 Å². The molecule has 1 aromatic heterocycles. The van der Waals surface area contributed by atoms with Gasteiger partial charge in [0.2, 0.25) is 0 Å². The smallest absolute Gasteiger partial charge is 0.256 e. The van der Waals surface area contributed by atoms with Crippen LogP contribution in [0.2, 0.25) is 0 Å². The number of carbonyl (C=O) groups excluding carboxylic acids is 2. The molecule has 2 aliphatic rings. The molecule has 1 amide bonds. The molecule has 3 N–H and O–H groups in total. The SMILES string of the molecule is Cc1[nH]c(/C=C2\C(=O)Nc3ccc(Br)cc32)c(C)c1C(CC=O)N1CCNC(C(C)C)C1. The van der Waals surface area contributed by atoms with Gasteiger partial charge in [0.05, 0.1) is 5.57 Å². The molecule has 0 saturated carbocycles. The van der Waals surface area contributed by atoms with Gasteiger partial charge in [-0.1, -0.05) is 29.8 Å². The van der Waals surface area contributed by atoms with Crippen molar-refractivity contribution >= 4 is 45.5 Å². The third-order valence-corrected chi connectivity index (χ3v) is 7.22. The van der Waals surface area contributed by atoms with Crippen LogP contribution in [0, 0.1) is 19.8 Å². The Labute approximate surface area is 198 Å². The first kappa shape index (κ1) is 23.0. The predicted molar refractivity (Wildman–Crippen MR) is 133 cm³/mol. The summed E-state index contributed by atoms with van der Waals surface area (Å²) in [5.74, 6) is 0.432. The van der Waals surface area contributed by atoms with E-state index in [1.807, 2.05) is 24.3 Å². The number of H-pyrrole nitrogens is 1. The van der Waals surface area contributed by atoms with Gasteiger partial charge in [-0.3, -0.25) is 9.69 Å². The van der Waals surface area contributed by atoms with Gasteiger partial charge in [0.25, 0.3) is 5.91 Å². The van der Waals surface area contributed by atoms with Crippen molar-refractivity contribution in [3.63, 3.8) is 0 Å². The Balaban J connectivity index is 1.71. The minimum absolute atomic E-state index is 0.0260. The minimum Gasteiger partial charge on any atom is -0.359 e. The zero-order valence-electron chi connectivity index (χ0n) is 19.1. The summed E-state index contributed by atoms with van der Waals surface area (Å²) in [7, 11) is 0. The van der Waals surface area contributed by atoms with Crippen LogP contribution in [0.25, 0.3) is 11.6 Å². The molecule has 1 fully saturated rings. The van der Waals surface area contributed by atoms with Crippen molar-refractivity contribution in [2.24, 2.45) is 5.92 Å². The lowest BCUT2D eigenvalue weighted by Crippen LogP contribution is -2.53. The number of rotatable bonds is 6. The highest BCUT2D eigenvalue weighted by Crippen LogP contribution is 2.37. The van der Waals surface area contributed by atoms with E-state index in [0.29, 0.717) is 24.0 Å². The number of hydrogen-bond donors (Lipinski definition) is 3. The zero-order valence-corrected chi connectivity index (χ0v) is 20.7. The summed E-state index contributed by atoms with van der Waals surface area (Å²) in [4.78, 5) is 30.2. The highest BCUT2D eigenvalue weighted by molar-refractivity contribution is 9.10. The number of aromatic amines is 1. The van der Waals surface area contributed by atoms with Gasteiger partial charge in [-0.15, -0.1) is 0 Å². The van der Waals surface area contributed by atoms with E-state index in [-0.39, 0.29) is 11.9 Å². The standard InChI is InChI=1S/C25H31BrN4O2/c1-14(2)22-13-30(9-8-27-22)23(7-10-31)24-15(3)21(28-16(24)4)12-19-18-11-17(26)5-6-20(18)29-25(19)32/h5-6,10-12,14,22-23,27-28H,7-9,13H2,1-4H3,(H,29,32)/b19-12-. The molecule has 2 unspecified atom stereocenters. The van der Waals surface area contributed by atoms with Gasteiger partial charge in [0.1, 0.15) is 6.29 Å². The third kappa shape index (κ3) is 4.34. The Morgan fingerprint density at radius 3 is 2.78 bits per heavy atom. The van der Waals surface area contributed by atoms with Crippen LogP contribution in [0.1, 0.15) is 54.4 Å². The third-order valence-electron chi connectivity index (χ3n) is 6.72. The lowest BCUT2D eigenvalue weighted by molar-refractivity contribution is -0.111. The summed E-state index contributed by atoms with van der Waals surface area (Å²) < 4.78 is 0.934. The predicted octanol–water partition coefficient (Wildman–Crippen LogP) is 4.45. The Morgan fingerprint density at radius 1 is 1.28 bits per heavy atom. The van der Waals surface area contributed by atoms with Crippen LogP contribution < -0.4 is 10.6 Å². The first-order chi connectivity index (χ1) is 15.3. The number of amides is 1. The summed E-state index contributed by atoms with van der Waals surface area (Å²) in [6.07, 6.45) is 3.42.